The number of benzene rings is 1. The van der Waals surface area contributed by atoms with Crippen molar-refractivity contribution in [3.8, 4) is 5.69 Å². The molecule has 0 saturated heterocycles. The minimum atomic E-state index is 0.0845. The number of fused-ring (bicyclic) bond motifs is 1. The lowest BCUT2D eigenvalue weighted by Crippen LogP contribution is -2.10. The van der Waals surface area contributed by atoms with E-state index < -0.39 is 0 Å². The molecular weight excluding hydrogens is 294 g/mol. The van der Waals surface area contributed by atoms with Gasteiger partial charge in [-0.2, -0.15) is 5.10 Å². The van der Waals surface area contributed by atoms with Crippen LogP contribution >= 0.6 is 0 Å². The van der Waals surface area contributed by atoms with Crippen molar-refractivity contribution >= 4 is 11.5 Å². The molecule has 1 N–H and O–H groups in total. The molecule has 1 aromatic carbocycles. The largest absolute Gasteiger partial charge is 0.362 e. The van der Waals surface area contributed by atoms with Crippen LogP contribution in [0.1, 0.15) is 18.5 Å². The van der Waals surface area contributed by atoms with Gasteiger partial charge in [-0.15, -0.1) is 14.8 Å². The molecular formula is C14H13N9. The molecule has 3 aromatic heterocycles. The van der Waals surface area contributed by atoms with Crippen LogP contribution in [-0.2, 0) is 0 Å². The lowest BCUT2D eigenvalue weighted by Gasteiger charge is -2.15. The fourth-order valence-corrected chi connectivity index (χ4v) is 2.29. The molecule has 0 bridgehead atoms. The van der Waals surface area contributed by atoms with Gasteiger partial charge >= 0.3 is 0 Å². The second-order valence-electron chi connectivity index (χ2n) is 5.04. The zero-order valence-electron chi connectivity index (χ0n) is 12.3. The maximum absolute atomic E-state index is 4.31. The minimum Gasteiger partial charge on any atom is -0.362 e. The summed E-state index contributed by atoms with van der Waals surface area (Å²) in [6.45, 7) is 2.07. The van der Waals surface area contributed by atoms with E-state index in [2.05, 4.69) is 42.9 Å². The van der Waals surface area contributed by atoms with Crippen molar-refractivity contribution in [2.24, 2.45) is 0 Å². The summed E-state index contributed by atoms with van der Waals surface area (Å²) >= 11 is 0. The van der Waals surface area contributed by atoms with Gasteiger partial charge in [-0.1, -0.05) is 12.1 Å². The van der Waals surface area contributed by atoms with E-state index in [-0.39, 0.29) is 6.04 Å². The molecule has 4 aromatic rings. The number of hydrogen-bond donors (Lipinski definition) is 1. The molecule has 0 unspecified atom stereocenters. The van der Waals surface area contributed by atoms with Crippen LogP contribution in [-0.4, -0.2) is 40.0 Å². The van der Waals surface area contributed by atoms with E-state index in [9.17, 15) is 0 Å². The molecule has 0 aliphatic carbocycles. The van der Waals surface area contributed by atoms with Gasteiger partial charge in [-0.25, -0.2) is 9.67 Å². The van der Waals surface area contributed by atoms with Crippen LogP contribution in [0.25, 0.3) is 11.3 Å². The first-order chi connectivity index (χ1) is 11.3. The number of nitrogens with one attached hydrogen (secondary N) is 1. The molecule has 0 saturated carbocycles. The average Bonchev–Trinajstić information content (AvgIpc) is 3.26. The molecule has 0 spiro atoms. The standard InChI is InChI=1S/C14H13N9/c1-10(17-13-6-7-14-18-20-21-23(14)19-13)11-2-4-12(5-3-11)22-9-15-8-16-22/h2-10H,1H3,(H,17,19)/t10-/m1/s1. The molecule has 114 valence electrons. The monoisotopic (exact) mass is 307 g/mol. The van der Waals surface area contributed by atoms with Gasteiger partial charge in [0.1, 0.15) is 18.5 Å². The van der Waals surface area contributed by atoms with Gasteiger partial charge in [0, 0.05) is 0 Å². The highest BCUT2D eigenvalue weighted by Crippen LogP contribution is 2.19. The summed E-state index contributed by atoms with van der Waals surface area (Å²) in [6.07, 6.45) is 3.18. The summed E-state index contributed by atoms with van der Waals surface area (Å²) in [5.41, 5.74) is 2.71. The van der Waals surface area contributed by atoms with Crippen molar-refractivity contribution in [2.45, 2.75) is 13.0 Å². The zero-order chi connectivity index (χ0) is 15.6. The van der Waals surface area contributed by atoms with Gasteiger partial charge in [-0.05, 0) is 47.2 Å². The average molecular weight is 307 g/mol. The molecule has 4 rings (SSSR count). The highest BCUT2D eigenvalue weighted by molar-refractivity contribution is 5.44. The first-order valence-electron chi connectivity index (χ1n) is 7.06. The molecule has 23 heavy (non-hydrogen) atoms. The predicted molar refractivity (Wildman–Crippen MR) is 82.0 cm³/mol. The van der Waals surface area contributed by atoms with E-state index in [0.717, 1.165) is 11.3 Å². The van der Waals surface area contributed by atoms with E-state index in [1.807, 2.05) is 36.4 Å². The SMILES string of the molecule is C[C@@H](Nc1ccc2nnnn2n1)c1ccc(-n2cncn2)cc1. The van der Waals surface area contributed by atoms with E-state index in [1.165, 1.54) is 11.0 Å². The van der Waals surface area contributed by atoms with E-state index in [0.29, 0.717) is 11.5 Å². The first kappa shape index (κ1) is 13.3. The van der Waals surface area contributed by atoms with Crippen molar-refractivity contribution in [1.29, 1.82) is 0 Å². The second-order valence-corrected chi connectivity index (χ2v) is 5.04. The third-order valence-corrected chi connectivity index (χ3v) is 3.51. The Morgan fingerprint density at radius 1 is 1.09 bits per heavy atom. The number of aromatic nitrogens is 8. The Balaban J connectivity index is 1.53. The smallest absolute Gasteiger partial charge is 0.200 e. The number of anilines is 1. The lowest BCUT2D eigenvalue weighted by atomic mass is 10.1. The molecule has 1 atom stereocenters. The van der Waals surface area contributed by atoms with Crippen molar-refractivity contribution in [3.05, 3.63) is 54.6 Å². The highest BCUT2D eigenvalue weighted by Gasteiger charge is 2.08. The second kappa shape index (κ2) is 5.44. The van der Waals surface area contributed by atoms with E-state index in [4.69, 9.17) is 0 Å². The maximum Gasteiger partial charge on any atom is 0.200 e. The van der Waals surface area contributed by atoms with Crippen LogP contribution in [0.2, 0.25) is 0 Å². The van der Waals surface area contributed by atoms with Crippen LogP contribution in [0.4, 0.5) is 5.82 Å². The third kappa shape index (κ3) is 2.59. The van der Waals surface area contributed by atoms with Crippen LogP contribution in [0.3, 0.4) is 0 Å². The molecule has 9 nitrogen and oxygen atoms in total. The Bertz CT molecular complexity index is 911. The Labute approximate surface area is 131 Å². The molecule has 3 heterocycles. The summed E-state index contributed by atoms with van der Waals surface area (Å²) in [4.78, 5) is 3.95. The fraction of sp³-hybridized carbons (Fsp3) is 0.143. The van der Waals surface area contributed by atoms with Gasteiger partial charge < -0.3 is 5.32 Å². The molecule has 0 aliphatic heterocycles. The summed E-state index contributed by atoms with van der Waals surface area (Å²) in [7, 11) is 0. The minimum absolute atomic E-state index is 0.0845. The molecule has 0 fully saturated rings. The Morgan fingerprint density at radius 2 is 1.96 bits per heavy atom. The topological polar surface area (TPSA) is 98.7 Å². The summed E-state index contributed by atoms with van der Waals surface area (Å²) in [5.74, 6) is 0.706. The lowest BCUT2D eigenvalue weighted by molar-refractivity contribution is 0.728. The normalized spacial score (nSPS) is 12.4. The zero-order valence-corrected chi connectivity index (χ0v) is 12.3. The van der Waals surface area contributed by atoms with Crippen molar-refractivity contribution < 1.29 is 0 Å². The van der Waals surface area contributed by atoms with E-state index in [1.54, 1.807) is 11.0 Å². The number of hydrogen-bond acceptors (Lipinski definition) is 7. The summed E-state index contributed by atoms with van der Waals surface area (Å²) in [5, 5.41) is 22.9. The quantitative estimate of drug-likeness (QED) is 0.606. The Kier molecular flexibility index (Phi) is 3.15. The first-order valence-corrected chi connectivity index (χ1v) is 7.06. The number of nitrogens with zero attached hydrogens (tertiary/aromatic N) is 8. The molecule has 0 aliphatic rings. The van der Waals surface area contributed by atoms with Crippen molar-refractivity contribution in [2.75, 3.05) is 5.32 Å². The van der Waals surface area contributed by atoms with Crippen molar-refractivity contribution in [1.82, 2.24) is 40.0 Å². The Hall–Kier alpha value is -3.36. The van der Waals surface area contributed by atoms with Gasteiger partial charge in [0.2, 0.25) is 0 Å². The van der Waals surface area contributed by atoms with Gasteiger partial charge in [0.15, 0.2) is 5.65 Å². The Morgan fingerprint density at radius 3 is 2.74 bits per heavy atom. The summed E-state index contributed by atoms with van der Waals surface area (Å²) in [6, 6.07) is 11.8. The van der Waals surface area contributed by atoms with Crippen molar-refractivity contribution in [3.63, 3.8) is 0 Å². The molecule has 9 heteroatoms. The van der Waals surface area contributed by atoms with Crippen LogP contribution in [0, 0.1) is 0 Å². The third-order valence-electron chi connectivity index (χ3n) is 3.51. The maximum atomic E-state index is 4.31. The molecule has 0 radical (unpaired) electrons. The highest BCUT2D eigenvalue weighted by atomic mass is 15.6. The molecule has 0 amide bonds. The van der Waals surface area contributed by atoms with Gasteiger partial charge in [0.05, 0.1) is 11.7 Å². The fourth-order valence-electron chi connectivity index (χ4n) is 2.29. The van der Waals surface area contributed by atoms with Crippen LogP contribution in [0.5, 0.6) is 0 Å². The van der Waals surface area contributed by atoms with Crippen LogP contribution < -0.4 is 5.32 Å². The van der Waals surface area contributed by atoms with Crippen LogP contribution in [0.15, 0.2) is 49.1 Å². The predicted octanol–water partition coefficient (Wildman–Crippen LogP) is 1.27. The summed E-state index contributed by atoms with van der Waals surface area (Å²) < 4.78 is 3.11. The number of tetrazole rings is 1. The van der Waals surface area contributed by atoms with Gasteiger partial charge in [0.25, 0.3) is 0 Å². The number of rotatable bonds is 4. The van der Waals surface area contributed by atoms with E-state index >= 15 is 0 Å². The van der Waals surface area contributed by atoms with Gasteiger partial charge in [-0.3, -0.25) is 0 Å².